The van der Waals surface area contributed by atoms with Crippen molar-refractivity contribution in [1.82, 2.24) is 5.32 Å². The van der Waals surface area contributed by atoms with E-state index in [-0.39, 0.29) is 11.7 Å². The van der Waals surface area contributed by atoms with Gasteiger partial charge < -0.3 is 16.3 Å². The molecule has 1 amide bonds. The number of carbonyl (C=O) groups is 1. The molecule has 0 spiro atoms. The van der Waals surface area contributed by atoms with Crippen LogP contribution in [-0.4, -0.2) is 23.5 Å². The highest BCUT2D eigenvalue weighted by molar-refractivity contribution is 5.94. The number of oxime groups is 1. The number of benzene rings is 1. The van der Waals surface area contributed by atoms with Gasteiger partial charge >= 0.3 is 0 Å². The minimum Gasteiger partial charge on any atom is -0.409 e. The lowest BCUT2D eigenvalue weighted by Gasteiger charge is -2.03. The Morgan fingerprint density at radius 3 is 2.67 bits per heavy atom. The van der Waals surface area contributed by atoms with Crippen LogP contribution < -0.4 is 11.1 Å². The van der Waals surface area contributed by atoms with Crippen LogP contribution in [0.5, 0.6) is 0 Å². The third-order valence-electron chi connectivity index (χ3n) is 1.83. The van der Waals surface area contributed by atoms with E-state index in [1.807, 2.05) is 6.07 Å². The Labute approximate surface area is 87.6 Å². The van der Waals surface area contributed by atoms with Crippen molar-refractivity contribution in [3.63, 3.8) is 0 Å². The summed E-state index contributed by atoms with van der Waals surface area (Å²) >= 11 is 0. The lowest BCUT2D eigenvalue weighted by molar-refractivity contribution is 0.0954. The monoisotopic (exact) mass is 207 g/mol. The van der Waals surface area contributed by atoms with Gasteiger partial charge in [-0.1, -0.05) is 23.4 Å². The van der Waals surface area contributed by atoms with Gasteiger partial charge in [-0.25, -0.2) is 0 Å². The lowest BCUT2D eigenvalue weighted by Crippen LogP contribution is -2.27. The number of amides is 1. The standard InChI is InChI=1S/C10H13N3O2/c11-9(13-15)6-7-12-10(14)8-4-2-1-3-5-8/h1-5,15H,6-7H2,(H2,11,13)(H,12,14). The Morgan fingerprint density at radius 1 is 1.40 bits per heavy atom. The quantitative estimate of drug-likeness (QED) is 0.291. The van der Waals surface area contributed by atoms with Gasteiger partial charge in [-0.05, 0) is 12.1 Å². The van der Waals surface area contributed by atoms with Crippen LogP contribution in [0.25, 0.3) is 0 Å². The zero-order chi connectivity index (χ0) is 11.1. The molecule has 0 unspecified atom stereocenters. The van der Waals surface area contributed by atoms with Crippen molar-refractivity contribution in [2.24, 2.45) is 10.9 Å². The third kappa shape index (κ3) is 3.68. The maximum atomic E-state index is 11.5. The summed E-state index contributed by atoms with van der Waals surface area (Å²) in [5.41, 5.74) is 5.84. The van der Waals surface area contributed by atoms with Crippen molar-refractivity contribution in [2.45, 2.75) is 6.42 Å². The van der Waals surface area contributed by atoms with Crippen LogP contribution in [0.15, 0.2) is 35.5 Å². The fourth-order valence-corrected chi connectivity index (χ4v) is 1.05. The van der Waals surface area contributed by atoms with Crippen LogP contribution in [0.1, 0.15) is 16.8 Å². The van der Waals surface area contributed by atoms with E-state index in [0.717, 1.165) is 0 Å². The van der Waals surface area contributed by atoms with Gasteiger partial charge in [-0.3, -0.25) is 4.79 Å². The molecule has 1 aromatic rings. The molecule has 1 aromatic carbocycles. The van der Waals surface area contributed by atoms with Crippen molar-refractivity contribution in [1.29, 1.82) is 0 Å². The molecule has 15 heavy (non-hydrogen) atoms. The maximum Gasteiger partial charge on any atom is 0.251 e. The fraction of sp³-hybridized carbons (Fsp3) is 0.200. The van der Waals surface area contributed by atoms with Gasteiger partial charge in [0.05, 0.1) is 0 Å². The predicted octanol–water partition coefficient (Wildman–Crippen LogP) is 0.553. The normalized spacial score (nSPS) is 11.1. The van der Waals surface area contributed by atoms with Crippen LogP contribution in [0.4, 0.5) is 0 Å². The smallest absolute Gasteiger partial charge is 0.251 e. The Morgan fingerprint density at radius 2 is 2.07 bits per heavy atom. The summed E-state index contributed by atoms with van der Waals surface area (Å²) in [5, 5.41) is 13.7. The van der Waals surface area contributed by atoms with Crippen molar-refractivity contribution in [3.8, 4) is 0 Å². The zero-order valence-electron chi connectivity index (χ0n) is 8.18. The molecule has 0 aromatic heterocycles. The summed E-state index contributed by atoms with van der Waals surface area (Å²) in [4.78, 5) is 11.5. The van der Waals surface area contributed by atoms with Gasteiger partial charge in [-0.2, -0.15) is 0 Å². The second-order valence-corrected chi connectivity index (χ2v) is 2.96. The molecule has 0 bridgehead atoms. The van der Waals surface area contributed by atoms with Crippen molar-refractivity contribution < 1.29 is 10.0 Å². The van der Waals surface area contributed by atoms with E-state index in [1.165, 1.54) is 0 Å². The lowest BCUT2D eigenvalue weighted by atomic mass is 10.2. The molecular formula is C10H13N3O2. The van der Waals surface area contributed by atoms with Crippen molar-refractivity contribution in [2.75, 3.05) is 6.54 Å². The molecule has 5 heteroatoms. The first-order valence-corrected chi connectivity index (χ1v) is 4.53. The Bertz CT molecular complexity index is 349. The number of nitrogens with one attached hydrogen (secondary N) is 1. The SMILES string of the molecule is NC(CCNC(=O)c1ccccc1)=NO. The van der Waals surface area contributed by atoms with Gasteiger partial charge in [0, 0.05) is 18.5 Å². The number of nitrogens with zero attached hydrogens (tertiary/aromatic N) is 1. The van der Waals surface area contributed by atoms with Crippen LogP contribution in [0.3, 0.4) is 0 Å². The first-order chi connectivity index (χ1) is 7.24. The number of amidine groups is 1. The average Bonchev–Trinajstić information content (AvgIpc) is 2.29. The molecule has 0 radical (unpaired) electrons. The minimum absolute atomic E-state index is 0.100. The predicted molar refractivity (Wildman–Crippen MR) is 56.8 cm³/mol. The summed E-state index contributed by atoms with van der Waals surface area (Å²) < 4.78 is 0. The van der Waals surface area contributed by atoms with Gasteiger partial charge in [0.15, 0.2) is 0 Å². The second kappa shape index (κ2) is 5.64. The molecule has 0 aliphatic rings. The Hall–Kier alpha value is -2.04. The average molecular weight is 207 g/mol. The van der Waals surface area contributed by atoms with E-state index in [0.29, 0.717) is 18.5 Å². The topological polar surface area (TPSA) is 87.7 Å². The molecule has 1 rings (SSSR count). The number of hydrogen-bond acceptors (Lipinski definition) is 3. The number of carbonyl (C=O) groups excluding carboxylic acids is 1. The first kappa shape index (κ1) is 11.0. The third-order valence-corrected chi connectivity index (χ3v) is 1.83. The van der Waals surface area contributed by atoms with Crippen LogP contribution in [-0.2, 0) is 0 Å². The Balaban J connectivity index is 2.38. The largest absolute Gasteiger partial charge is 0.409 e. The first-order valence-electron chi connectivity index (χ1n) is 4.53. The van der Waals surface area contributed by atoms with E-state index in [4.69, 9.17) is 10.9 Å². The summed E-state index contributed by atoms with van der Waals surface area (Å²) in [7, 11) is 0. The fourth-order valence-electron chi connectivity index (χ4n) is 1.05. The molecule has 0 saturated carbocycles. The number of hydrogen-bond donors (Lipinski definition) is 3. The molecule has 0 aliphatic heterocycles. The highest BCUT2D eigenvalue weighted by Gasteiger charge is 2.03. The molecule has 80 valence electrons. The van der Waals surface area contributed by atoms with E-state index in [1.54, 1.807) is 24.3 Å². The van der Waals surface area contributed by atoms with Crippen LogP contribution in [0.2, 0.25) is 0 Å². The molecule has 0 atom stereocenters. The van der Waals surface area contributed by atoms with E-state index < -0.39 is 0 Å². The molecular weight excluding hydrogens is 194 g/mol. The molecule has 4 N–H and O–H groups in total. The van der Waals surface area contributed by atoms with E-state index >= 15 is 0 Å². The molecule has 0 aliphatic carbocycles. The van der Waals surface area contributed by atoms with Crippen molar-refractivity contribution >= 4 is 11.7 Å². The second-order valence-electron chi connectivity index (χ2n) is 2.96. The zero-order valence-corrected chi connectivity index (χ0v) is 8.18. The molecule has 0 heterocycles. The number of rotatable bonds is 4. The van der Waals surface area contributed by atoms with Crippen molar-refractivity contribution in [3.05, 3.63) is 35.9 Å². The van der Waals surface area contributed by atoms with Crippen LogP contribution >= 0.6 is 0 Å². The Kier molecular flexibility index (Phi) is 4.15. The number of nitrogens with two attached hydrogens (primary N) is 1. The molecule has 0 saturated heterocycles. The highest BCUT2D eigenvalue weighted by atomic mass is 16.4. The van der Waals surface area contributed by atoms with Gasteiger partial charge in [0.2, 0.25) is 0 Å². The summed E-state index contributed by atoms with van der Waals surface area (Å²) in [5.74, 6) is -0.0651. The van der Waals surface area contributed by atoms with Crippen LogP contribution in [0, 0.1) is 0 Å². The van der Waals surface area contributed by atoms with Gasteiger partial charge in [0.1, 0.15) is 5.84 Å². The van der Waals surface area contributed by atoms with Gasteiger partial charge in [0.25, 0.3) is 5.91 Å². The summed E-state index contributed by atoms with van der Waals surface area (Å²) in [6.45, 7) is 0.351. The summed E-state index contributed by atoms with van der Waals surface area (Å²) in [6, 6.07) is 8.86. The van der Waals surface area contributed by atoms with E-state index in [9.17, 15) is 4.79 Å². The van der Waals surface area contributed by atoms with Gasteiger partial charge in [-0.15, -0.1) is 0 Å². The molecule has 0 fully saturated rings. The maximum absolute atomic E-state index is 11.5. The van der Waals surface area contributed by atoms with E-state index in [2.05, 4.69) is 10.5 Å². The highest BCUT2D eigenvalue weighted by Crippen LogP contribution is 1.97. The summed E-state index contributed by atoms with van der Waals surface area (Å²) in [6.07, 6.45) is 0.328. The molecule has 5 nitrogen and oxygen atoms in total. The minimum atomic E-state index is -0.165.